The number of phenolic OH excluding ortho intramolecular Hbond substituents is 2. The number of methoxy groups -OCH3 is 2. The highest BCUT2D eigenvalue weighted by atomic mass is 16.5. The van der Waals surface area contributed by atoms with Crippen LogP contribution in [-0.4, -0.2) is 35.3 Å². The second-order valence-corrected chi connectivity index (χ2v) is 5.81. The smallest absolute Gasteiger partial charge is 0.181 e. The molecule has 0 aliphatic carbocycles. The first-order valence-corrected chi connectivity index (χ1v) is 8.27. The summed E-state index contributed by atoms with van der Waals surface area (Å²) >= 11 is 0. The lowest BCUT2D eigenvalue weighted by Gasteiger charge is -2.06. The van der Waals surface area contributed by atoms with Gasteiger partial charge in [-0.25, -0.2) is 0 Å². The molecule has 0 radical (unpaired) electrons. The van der Waals surface area contributed by atoms with Crippen LogP contribution < -0.4 is 9.47 Å². The van der Waals surface area contributed by atoms with Gasteiger partial charge in [-0.2, -0.15) is 0 Å². The van der Waals surface area contributed by atoms with Crippen LogP contribution in [0.15, 0.2) is 54.3 Å². The number of aliphatic hydroxyl groups excluding tert-OH is 1. The first-order chi connectivity index (χ1) is 12.9. The minimum absolute atomic E-state index is 0.0179. The lowest BCUT2D eigenvalue weighted by molar-refractivity contribution is -0.110. The molecule has 0 aliphatic heterocycles. The molecule has 0 bridgehead atoms. The number of aryl methyl sites for hydroxylation is 1. The van der Waals surface area contributed by atoms with Gasteiger partial charge in [0, 0.05) is 12.5 Å². The normalized spacial score (nSPS) is 11.6. The van der Waals surface area contributed by atoms with Gasteiger partial charge >= 0.3 is 0 Å². The number of phenols is 2. The van der Waals surface area contributed by atoms with Crippen LogP contribution in [0.3, 0.4) is 0 Å². The van der Waals surface area contributed by atoms with Crippen LogP contribution in [0.1, 0.15) is 17.5 Å². The Kier molecular flexibility index (Phi) is 6.88. The summed E-state index contributed by atoms with van der Waals surface area (Å²) in [6.07, 6.45) is 4.82. The minimum atomic E-state index is -0.358. The number of rotatable bonds is 8. The molecule has 0 heterocycles. The third kappa shape index (κ3) is 5.81. The fraction of sp³-hybridized carbons (Fsp3) is 0.190. The summed E-state index contributed by atoms with van der Waals surface area (Å²) in [6.45, 7) is 0. The van der Waals surface area contributed by atoms with Crippen LogP contribution in [0.4, 0.5) is 0 Å². The van der Waals surface area contributed by atoms with Gasteiger partial charge < -0.3 is 24.8 Å². The maximum Gasteiger partial charge on any atom is 0.181 e. The van der Waals surface area contributed by atoms with Gasteiger partial charge in [-0.1, -0.05) is 18.2 Å². The van der Waals surface area contributed by atoms with Crippen molar-refractivity contribution in [3.63, 3.8) is 0 Å². The highest BCUT2D eigenvalue weighted by Crippen LogP contribution is 2.27. The summed E-state index contributed by atoms with van der Waals surface area (Å²) in [5.41, 5.74) is 1.55. The third-order valence-electron chi connectivity index (χ3n) is 3.87. The second kappa shape index (κ2) is 9.33. The maximum absolute atomic E-state index is 11.9. The molecule has 0 saturated heterocycles. The largest absolute Gasteiger partial charge is 0.512 e. The lowest BCUT2D eigenvalue weighted by atomic mass is 10.1. The fourth-order valence-corrected chi connectivity index (χ4v) is 2.41. The van der Waals surface area contributed by atoms with Crippen molar-refractivity contribution < 1.29 is 29.6 Å². The van der Waals surface area contributed by atoms with Gasteiger partial charge in [0.1, 0.15) is 0 Å². The number of allylic oxidation sites excluding steroid dienone is 3. The molecule has 0 aliphatic rings. The Morgan fingerprint density at radius 3 is 2.30 bits per heavy atom. The van der Waals surface area contributed by atoms with E-state index in [-0.39, 0.29) is 29.5 Å². The fourth-order valence-electron chi connectivity index (χ4n) is 2.41. The van der Waals surface area contributed by atoms with Crippen molar-refractivity contribution >= 4 is 11.9 Å². The molecule has 0 aromatic heterocycles. The van der Waals surface area contributed by atoms with Crippen LogP contribution >= 0.6 is 0 Å². The Morgan fingerprint density at radius 2 is 1.63 bits per heavy atom. The van der Waals surface area contributed by atoms with Crippen molar-refractivity contribution in [1.29, 1.82) is 0 Å². The summed E-state index contributed by atoms with van der Waals surface area (Å²) in [7, 11) is 2.91. The molecule has 142 valence electrons. The van der Waals surface area contributed by atoms with Crippen molar-refractivity contribution in [2.75, 3.05) is 14.2 Å². The molecule has 2 rings (SSSR count). The van der Waals surface area contributed by atoms with Gasteiger partial charge in [0.25, 0.3) is 0 Å². The molecule has 0 unspecified atom stereocenters. The Bertz CT molecular complexity index is 867. The molecule has 27 heavy (non-hydrogen) atoms. The number of benzene rings is 2. The van der Waals surface area contributed by atoms with E-state index in [1.165, 1.54) is 32.4 Å². The molecule has 6 heteroatoms. The van der Waals surface area contributed by atoms with E-state index in [0.717, 1.165) is 11.6 Å². The van der Waals surface area contributed by atoms with E-state index in [1.54, 1.807) is 30.3 Å². The first-order valence-electron chi connectivity index (χ1n) is 8.27. The van der Waals surface area contributed by atoms with Crippen molar-refractivity contribution in [1.82, 2.24) is 0 Å². The first kappa shape index (κ1) is 19.9. The quantitative estimate of drug-likeness (QED) is 0.483. The molecule has 0 saturated carbocycles. The zero-order chi connectivity index (χ0) is 19.8. The number of carbonyl (C=O) groups is 1. The van der Waals surface area contributed by atoms with E-state index >= 15 is 0 Å². The van der Waals surface area contributed by atoms with Gasteiger partial charge in [0.2, 0.25) is 0 Å². The number of carbonyl (C=O) groups excluding carboxylic acids is 1. The summed E-state index contributed by atoms with van der Waals surface area (Å²) in [5, 5.41) is 29.1. The zero-order valence-electron chi connectivity index (χ0n) is 15.2. The minimum Gasteiger partial charge on any atom is -0.512 e. The molecule has 3 N–H and O–H groups in total. The molecular weight excluding hydrogens is 348 g/mol. The van der Waals surface area contributed by atoms with Crippen LogP contribution in [-0.2, 0) is 11.2 Å². The average molecular weight is 370 g/mol. The lowest BCUT2D eigenvalue weighted by Crippen LogP contribution is -1.94. The zero-order valence-corrected chi connectivity index (χ0v) is 15.2. The summed E-state index contributed by atoms with van der Waals surface area (Å²) in [4.78, 5) is 11.9. The van der Waals surface area contributed by atoms with Gasteiger partial charge in [0.05, 0.1) is 20.0 Å². The van der Waals surface area contributed by atoms with Crippen LogP contribution in [0.5, 0.6) is 23.0 Å². The molecular formula is C21H22O6. The van der Waals surface area contributed by atoms with E-state index in [4.69, 9.17) is 9.47 Å². The van der Waals surface area contributed by atoms with Gasteiger partial charge in [-0.05, 0) is 47.9 Å². The van der Waals surface area contributed by atoms with Crippen LogP contribution in [0.2, 0.25) is 0 Å². The maximum atomic E-state index is 11.9. The monoisotopic (exact) mass is 370 g/mol. The van der Waals surface area contributed by atoms with E-state index < -0.39 is 0 Å². The molecule has 2 aromatic rings. The van der Waals surface area contributed by atoms with E-state index in [2.05, 4.69) is 0 Å². The van der Waals surface area contributed by atoms with Gasteiger partial charge in [-0.15, -0.1) is 0 Å². The number of aromatic hydroxyl groups is 2. The number of hydrogen-bond donors (Lipinski definition) is 3. The van der Waals surface area contributed by atoms with Crippen molar-refractivity contribution in [3.05, 3.63) is 65.4 Å². The molecule has 0 spiro atoms. The Labute approximate surface area is 157 Å². The summed E-state index contributed by atoms with van der Waals surface area (Å²) in [5.74, 6) is 0.339. The van der Waals surface area contributed by atoms with Crippen LogP contribution in [0.25, 0.3) is 6.08 Å². The topological polar surface area (TPSA) is 96.2 Å². The van der Waals surface area contributed by atoms with E-state index in [0.29, 0.717) is 23.5 Å². The molecule has 0 atom stereocenters. The average Bonchev–Trinajstić information content (AvgIpc) is 2.66. The molecule has 2 aromatic carbocycles. The number of hydrogen-bond acceptors (Lipinski definition) is 6. The van der Waals surface area contributed by atoms with Crippen LogP contribution in [0, 0.1) is 0 Å². The standard InChI is InChI=1S/C21H22O6/c1-26-20-11-14(5-9-18(20)24)3-7-16(22)13-17(23)8-4-15-6-10-19(25)21(12-15)27-2/h3,5-7,9-13,23-25H,4,8H2,1-2H3/b7-3+,17-13-. The molecule has 6 nitrogen and oxygen atoms in total. The summed E-state index contributed by atoms with van der Waals surface area (Å²) in [6, 6.07) is 9.65. The predicted octanol–water partition coefficient (Wildman–Crippen LogP) is 3.77. The van der Waals surface area contributed by atoms with Gasteiger partial charge in [0.15, 0.2) is 28.8 Å². The predicted molar refractivity (Wildman–Crippen MR) is 102 cm³/mol. The molecule has 0 amide bonds. The highest BCUT2D eigenvalue weighted by Gasteiger charge is 2.05. The van der Waals surface area contributed by atoms with Gasteiger partial charge in [-0.3, -0.25) is 4.79 Å². The Balaban J connectivity index is 1.96. The summed E-state index contributed by atoms with van der Waals surface area (Å²) < 4.78 is 10.0. The van der Waals surface area contributed by atoms with Crippen molar-refractivity contribution in [2.24, 2.45) is 0 Å². The number of ether oxygens (including phenoxy) is 2. The Morgan fingerprint density at radius 1 is 1.00 bits per heavy atom. The number of aliphatic hydroxyl groups is 1. The van der Waals surface area contributed by atoms with Crippen molar-refractivity contribution in [2.45, 2.75) is 12.8 Å². The third-order valence-corrected chi connectivity index (χ3v) is 3.87. The second-order valence-electron chi connectivity index (χ2n) is 5.81. The van der Waals surface area contributed by atoms with E-state index in [9.17, 15) is 20.1 Å². The van der Waals surface area contributed by atoms with E-state index in [1.807, 2.05) is 0 Å². The SMILES string of the molecule is COc1cc(/C=C/C(=O)/C=C(\O)CCc2ccc(O)c(OC)c2)ccc1O. The number of ketones is 1. The van der Waals surface area contributed by atoms with Crippen molar-refractivity contribution in [3.8, 4) is 23.0 Å². The highest BCUT2D eigenvalue weighted by molar-refractivity contribution is 6.02. The molecule has 0 fully saturated rings. The Hall–Kier alpha value is -3.41.